The van der Waals surface area contributed by atoms with Crippen molar-refractivity contribution in [2.75, 3.05) is 0 Å². The third-order valence-corrected chi connectivity index (χ3v) is 3.27. The lowest BCUT2D eigenvalue weighted by atomic mass is 10.1. The van der Waals surface area contributed by atoms with Gasteiger partial charge >= 0.3 is 0 Å². The van der Waals surface area contributed by atoms with E-state index in [0.717, 1.165) is 11.5 Å². The van der Waals surface area contributed by atoms with Crippen LogP contribution in [-0.4, -0.2) is 0 Å². The van der Waals surface area contributed by atoms with Gasteiger partial charge in [-0.25, -0.2) is 0 Å². The van der Waals surface area contributed by atoms with Crippen LogP contribution < -0.4 is 5.32 Å². The number of furan rings is 1. The third-order valence-electron chi connectivity index (χ3n) is 3.27. The molecule has 96 valence electrons. The smallest absolute Gasteiger partial charge is 0.120 e. The maximum atomic E-state index is 5.64. The molecule has 0 radical (unpaired) electrons. The van der Waals surface area contributed by atoms with E-state index in [4.69, 9.17) is 4.42 Å². The molecule has 0 bridgehead atoms. The number of nitrogens with one attached hydrogen (secondary N) is 1. The Morgan fingerprint density at radius 1 is 0.889 bits per heavy atom. The molecular weight excluding hydrogens is 222 g/mol. The van der Waals surface area contributed by atoms with E-state index in [9.17, 15) is 0 Å². The summed E-state index contributed by atoms with van der Waals surface area (Å²) in [6.45, 7) is 8.38. The summed E-state index contributed by atoms with van der Waals surface area (Å²) in [5.41, 5.74) is 2.59. The van der Waals surface area contributed by atoms with Crippen molar-refractivity contribution in [2.24, 2.45) is 0 Å². The van der Waals surface area contributed by atoms with Gasteiger partial charge in [0.05, 0.1) is 6.04 Å². The van der Waals surface area contributed by atoms with Crippen LogP contribution in [0.25, 0.3) is 0 Å². The lowest BCUT2D eigenvalue weighted by molar-refractivity contribution is 0.392. The fourth-order valence-corrected chi connectivity index (χ4v) is 2.09. The molecule has 0 aliphatic heterocycles. The molecule has 2 heteroatoms. The fourth-order valence-electron chi connectivity index (χ4n) is 2.09. The monoisotopic (exact) mass is 243 g/mol. The average Bonchev–Trinajstić information content (AvgIpc) is 2.76. The zero-order valence-electron chi connectivity index (χ0n) is 11.5. The molecule has 2 unspecified atom stereocenters. The first-order valence-corrected chi connectivity index (χ1v) is 6.45. The van der Waals surface area contributed by atoms with Crippen LogP contribution in [0, 0.1) is 13.8 Å². The maximum absolute atomic E-state index is 5.64. The van der Waals surface area contributed by atoms with Gasteiger partial charge in [-0.2, -0.15) is 0 Å². The second-order valence-corrected chi connectivity index (χ2v) is 4.97. The average molecular weight is 243 g/mol. The van der Waals surface area contributed by atoms with Gasteiger partial charge in [-0.05, 0) is 45.4 Å². The molecule has 2 rings (SSSR count). The Morgan fingerprint density at radius 2 is 1.56 bits per heavy atom. The van der Waals surface area contributed by atoms with Crippen molar-refractivity contribution in [1.29, 1.82) is 0 Å². The second kappa shape index (κ2) is 5.40. The molecule has 0 amide bonds. The quantitative estimate of drug-likeness (QED) is 0.865. The van der Waals surface area contributed by atoms with Crippen LogP contribution in [0.5, 0.6) is 0 Å². The molecule has 0 saturated carbocycles. The third kappa shape index (κ3) is 3.02. The summed E-state index contributed by atoms with van der Waals surface area (Å²) in [5, 5.41) is 3.55. The molecule has 1 aromatic carbocycles. The van der Waals surface area contributed by atoms with Gasteiger partial charge in [0.2, 0.25) is 0 Å². The highest BCUT2D eigenvalue weighted by Gasteiger charge is 2.13. The fraction of sp³-hybridized carbons (Fsp3) is 0.375. The zero-order valence-corrected chi connectivity index (χ0v) is 11.5. The van der Waals surface area contributed by atoms with Crippen molar-refractivity contribution in [1.82, 2.24) is 5.32 Å². The topological polar surface area (TPSA) is 25.2 Å². The van der Waals surface area contributed by atoms with Gasteiger partial charge in [0, 0.05) is 6.04 Å². The Labute approximate surface area is 109 Å². The lowest BCUT2D eigenvalue weighted by Crippen LogP contribution is -2.22. The molecule has 18 heavy (non-hydrogen) atoms. The second-order valence-electron chi connectivity index (χ2n) is 4.97. The van der Waals surface area contributed by atoms with Crippen LogP contribution in [0.2, 0.25) is 0 Å². The van der Waals surface area contributed by atoms with E-state index in [2.05, 4.69) is 50.4 Å². The van der Waals surface area contributed by atoms with E-state index < -0.39 is 0 Å². The number of hydrogen-bond donors (Lipinski definition) is 1. The van der Waals surface area contributed by atoms with E-state index in [1.165, 1.54) is 11.1 Å². The van der Waals surface area contributed by atoms with Crippen LogP contribution in [0.15, 0.2) is 40.8 Å². The summed E-state index contributed by atoms with van der Waals surface area (Å²) in [7, 11) is 0. The molecule has 2 aromatic rings. The van der Waals surface area contributed by atoms with Crippen molar-refractivity contribution in [2.45, 2.75) is 39.8 Å². The normalized spacial score (nSPS) is 14.4. The van der Waals surface area contributed by atoms with Crippen LogP contribution in [0.3, 0.4) is 0 Å². The lowest BCUT2D eigenvalue weighted by Gasteiger charge is -2.19. The molecule has 1 heterocycles. The van der Waals surface area contributed by atoms with Crippen LogP contribution >= 0.6 is 0 Å². The summed E-state index contributed by atoms with van der Waals surface area (Å²) in [6, 6.07) is 13.2. The summed E-state index contributed by atoms with van der Waals surface area (Å²) in [5.74, 6) is 1.95. The first-order valence-electron chi connectivity index (χ1n) is 6.45. The van der Waals surface area contributed by atoms with Gasteiger partial charge in [0.1, 0.15) is 11.5 Å². The minimum absolute atomic E-state index is 0.218. The highest BCUT2D eigenvalue weighted by atomic mass is 16.3. The van der Waals surface area contributed by atoms with Crippen molar-refractivity contribution in [3.63, 3.8) is 0 Å². The Kier molecular flexibility index (Phi) is 3.87. The van der Waals surface area contributed by atoms with Gasteiger partial charge in [0.25, 0.3) is 0 Å². The number of benzene rings is 1. The van der Waals surface area contributed by atoms with E-state index in [-0.39, 0.29) is 6.04 Å². The van der Waals surface area contributed by atoms with Crippen molar-refractivity contribution in [3.05, 3.63) is 59.0 Å². The van der Waals surface area contributed by atoms with Crippen LogP contribution in [0.4, 0.5) is 0 Å². The summed E-state index contributed by atoms with van der Waals surface area (Å²) >= 11 is 0. The summed E-state index contributed by atoms with van der Waals surface area (Å²) in [4.78, 5) is 0. The highest BCUT2D eigenvalue weighted by Crippen LogP contribution is 2.21. The Balaban J connectivity index is 2.02. The molecule has 0 spiro atoms. The Hall–Kier alpha value is -1.54. The van der Waals surface area contributed by atoms with E-state index in [1.54, 1.807) is 0 Å². The minimum Gasteiger partial charge on any atom is -0.465 e. The summed E-state index contributed by atoms with van der Waals surface area (Å²) < 4.78 is 5.64. The van der Waals surface area contributed by atoms with Crippen LogP contribution in [0.1, 0.15) is 48.6 Å². The molecule has 0 saturated heterocycles. The van der Waals surface area contributed by atoms with Crippen LogP contribution in [-0.2, 0) is 0 Å². The summed E-state index contributed by atoms with van der Waals surface area (Å²) in [6.07, 6.45) is 0. The molecule has 0 fully saturated rings. The molecule has 1 N–H and O–H groups in total. The van der Waals surface area contributed by atoms with Gasteiger partial charge < -0.3 is 9.73 Å². The number of rotatable bonds is 4. The number of hydrogen-bond acceptors (Lipinski definition) is 2. The molecule has 2 nitrogen and oxygen atoms in total. The van der Waals surface area contributed by atoms with Gasteiger partial charge in [0.15, 0.2) is 0 Å². The van der Waals surface area contributed by atoms with E-state index in [1.807, 2.05) is 19.1 Å². The predicted molar refractivity (Wildman–Crippen MR) is 74.6 cm³/mol. The Morgan fingerprint density at radius 3 is 2.11 bits per heavy atom. The minimum atomic E-state index is 0.218. The first-order chi connectivity index (χ1) is 8.56. The van der Waals surface area contributed by atoms with E-state index in [0.29, 0.717) is 6.04 Å². The number of aryl methyl sites for hydroxylation is 2. The highest BCUT2D eigenvalue weighted by molar-refractivity contribution is 5.24. The molecule has 1 aromatic heterocycles. The standard InChI is InChI=1S/C16H21NO/c1-11-5-8-15(9-6-11)13(3)17-14(4)16-10-7-12(2)18-16/h5-10,13-14,17H,1-4H3. The SMILES string of the molecule is Cc1ccc(C(C)NC(C)c2ccc(C)o2)cc1. The Bertz CT molecular complexity index is 498. The van der Waals surface area contributed by atoms with Crippen molar-refractivity contribution < 1.29 is 4.42 Å². The van der Waals surface area contributed by atoms with Gasteiger partial charge in [-0.15, -0.1) is 0 Å². The molecule has 0 aliphatic carbocycles. The largest absolute Gasteiger partial charge is 0.465 e. The van der Waals surface area contributed by atoms with Gasteiger partial charge in [-0.3, -0.25) is 0 Å². The van der Waals surface area contributed by atoms with Crippen molar-refractivity contribution in [3.8, 4) is 0 Å². The van der Waals surface area contributed by atoms with E-state index >= 15 is 0 Å². The molecule has 2 atom stereocenters. The molecule has 0 aliphatic rings. The van der Waals surface area contributed by atoms with Gasteiger partial charge in [-0.1, -0.05) is 29.8 Å². The maximum Gasteiger partial charge on any atom is 0.120 e. The van der Waals surface area contributed by atoms with Crippen molar-refractivity contribution >= 4 is 0 Å². The first kappa shape index (κ1) is 12.9. The predicted octanol–water partition coefficient (Wildman–Crippen LogP) is 4.31. The zero-order chi connectivity index (χ0) is 13.1. The molecular formula is C16H21NO.